The predicted molar refractivity (Wildman–Crippen MR) is 124 cm³/mol. The molecule has 0 aliphatic carbocycles. The Labute approximate surface area is 185 Å². The van der Waals surface area contributed by atoms with Crippen molar-refractivity contribution in [1.29, 1.82) is 0 Å². The highest BCUT2D eigenvalue weighted by Gasteiger charge is 2.21. The second kappa shape index (κ2) is 8.85. The highest BCUT2D eigenvalue weighted by molar-refractivity contribution is 7.98. The van der Waals surface area contributed by atoms with E-state index in [-0.39, 0.29) is 5.92 Å². The van der Waals surface area contributed by atoms with Gasteiger partial charge in [-0.1, -0.05) is 62.0 Å². The molecule has 4 aromatic rings. The third-order valence-electron chi connectivity index (χ3n) is 4.96. The normalized spacial score (nSPS) is 11.3. The van der Waals surface area contributed by atoms with Crippen LogP contribution in [0.1, 0.15) is 31.0 Å². The van der Waals surface area contributed by atoms with E-state index in [2.05, 4.69) is 36.1 Å². The fourth-order valence-corrected chi connectivity index (χ4v) is 4.18. The molecule has 0 amide bonds. The average molecular weight is 436 g/mol. The lowest BCUT2D eigenvalue weighted by Crippen LogP contribution is -2.09. The van der Waals surface area contributed by atoms with Crippen molar-refractivity contribution in [2.75, 3.05) is 20.0 Å². The number of hydrogen-bond donors (Lipinski definition) is 1. The summed E-state index contributed by atoms with van der Waals surface area (Å²) in [7, 11) is 3.23. The first-order valence-corrected chi connectivity index (χ1v) is 11.0. The van der Waals surface area contributed by atoms with Gasteiger partial charge in [0.15, 0.2) is 11.5 Å². The van der Waals surface area contributed by atoms with E-state index in [1.165, 1.54) is 5.56 Å². The van der Waals surface area contributed by atoms with Crippen molar-refractivity contribution in [3.05, 3.63) is 59.8 Å². The molecule has 31 heavy (non-hydrogen) atoms. The molecule has 8 heteroatoms. The quantitative estimate of drug-likeness (QED) is 0.417. The molecule has 0 fully saturated rings. The summed E-state index contributed by atoms with van der Waals surface area (Å²) in [5.41, 5.74) is 10.4. The van der Waals surface area contributed by atoms with Crippen molar-refractivity contribution in [1.82, 2.24) is 19.6 Å². The Morgan fingerprint density at radius 1 is 1.00 bits per heavy atom. The zero-order valence-electron chi connectivity index (χ0n) is 18.0. The Hall–Kier alpha value is -3.26. The molecule has 160 valence electrons. The number of hydrogen-bond acceptors (Lipinski definition) is 7. The molecule has 2 heterocycles. The lowest BCUT2D eigenvalue weighted by Gasteiger charge is -2.16. The van der Waals surface area contributed by atoms with Gasteiger partial charge in [-0.15, -0.1) is 5.10 Å². The van der Waals surface area contributed by atoms with Gasteiger partial charge in [0.25, 0.3) is 5.78 Å². The summed E-state index contributed by atoms with van der Waals surface area (Å²) in [6.45, 7) is 4.17. The Morgan fingerprint density at radius 3 is 2.42 bits per heavy atom. The molecule has 2 aromatic heterocycles. The number of rotatable bonds is 7. The lowest BCUT2D eigenvalue weighted by atomic mass is 9.97. The third-order valence-corrected chi connectivity index (χ3v) is 5.87. The number of methoxy groups -OCH3 is 2. The third kappa shape index (κ3) is 4.16. The maximum absolute atomic E-state index is 6.61. The average Bonchev–Trinajstić information content (AvgIpc) is 3.21. The van der Waals surface area contributed by atoms with Crippen LogP contribution in [0, 0.1) is 0 Å². The molecular weight excluding hydrogens is 410 g/mol. The Kier molecular flexibility index (Phi) is 5.99. The predicted octanol–water partition coefficient (Wildman–Crippen LogP) is 4.81. The van der Waals surface area contributed by atoms with Crippen LogP contribution < -0.4 is 15.2 Å². The van der Waals surface area contributed by atoms with Crippen LogP contribution in [-0.2, 0) is 5.75 Å². The largest absolute Gasteiger partial charge is 0.493 e. The molecule has 0 atom stereocenters. The van der Waals surface area contributed by atoms with Gasteiger partial charge in [0.2, 0.25) is 5.16 Å². The molecule has 4 rings (SSSR count). The van der Waals surface area contributed by atoms with E-state index in [0.717, 1.165) is 22.6 Å². The number of thioether (sulfide) groups is 1. The van der Waals surface area contributed by atoms with Crippen LogP contribution in [0.25, 0.3) is 16.9 Å². The van der Waals surface area contributed by atoms with Gasteiger partial charge in [0.05, 0.1) is 19.9 Å². The van der Waals surface area contributed by atoms with E-state index < -0.39 is 0 Å². The zero-order valence-corrected chi connectivity index (χ0v) is 18.8. The number of anilines is 1. The van der Waals surface area contributed by atoms with Gasteiger partial charge >= 0.3 is 0 Å². The number of benzene rings is 2. The number of nitrogens with two attached hydrogens (primary N) is 1. The standard InChI is InChI=1S/C23H25N5O2S/c1-14(2)20-19(16-10-11-17(29-3)18(12-16)30-4)21(24)28-22(25-20)26-23(27-28)31-13-15-8-6-5-7-9-15/h5-12,14H,13,24H2,1-4H3. The monoisotopic (exact) mass is 435 g/mol. The van der Waals surface area contributed by atoms with Crippen molar-refractivity contribution < 1.29 is 9.47 Å². The van der Waals surface area contributed by atoms with E-state index in [9.17, 15) is 0 Å². The van der Waals surface area contributed by atoms with Gasteiger partial charge in [-0.25, -0.2) is 4.98 Å². The Morgan fingerprint density at radius 2 is 1.74 bits per heavy atom. The first-order chi connectivity index (χ1) is 15.0. The molecule has 0 aliphatic rings. The van der Waals surface area contributed by atoms with Gasteiger partial charge in [-0.05, 0) is 29.2 Å². The van der Waals surface area contributed by atoms with Crippen molar-refractivity contribution in [3.63, 3.8) is 0 Å². The van der Waals surface area contributed by atoms with E-state index in [1.54, 1.807) is 30.5 Å². The Bertz CT molecular complexity index is 1210. The topological polar surface area (TPSA) is 87.6 Å². The number of ether oxygens (including phenoxy) is 2. The minimum absolute atomic E-state index is 0.146. The van der Waals surface area contributed by atoms with Crippen LogP contribution >= 0.6 is 11.8 Å². The molecule has 0 unspecified atom stereocenters. The van der Waals surface area contributed by atoms with Crippen molar-refractivity contribution in [2.45, 2.75) is 30.7 Å². The molecule has 7 nitrogen and oxygen atoms in total. The van der Waals surface area contributed by atoms with E-state index in [4.69, 9.17) is 20.2 Å². The summed E-state index contributed by atoms with van der Waals surface area (Å²) in [4.78, 5) is 9.42. The summed E-state index contributed by atoms with van der Waals surface area (Å²) in [6, 6.07) is 16.0. The van der Waals surface area contributed by atoms with Gasteiger partial charge in [0.1, 0.15) is 5.82 Å². The van der Waals surface area contributed by atoms with E-state index >= 15 is 0 Å². The summed E-state index contributed by atoms with van der Waals surface area (Å²) in [5, 5.41) is 5.26. The summed E-state index contributed by atoms with van der Waals surface area (Å²) in [5.74, 6) is 3.21. The van der Waals surface area contributed by atoms with Crippen molar-refractivity contribution >= 4 is 23.4 Å². The maximum atomic E-state index is 6.61. The molecule has 0 saturated heterocycles. The van der Waals surface area contributed by atoms with Crippen molar-refractivity contribution in [3.8, 4) is 22.6 Å². The van der Waals surface area contributed by atoms with Crippen molar-refractivity contribution in [2.24, 2.45) is 0 Å². The first kappa shape index (κ1) is 21.0. The van der Waals surface area contributed by atoms with Crippen LogP contribution in [-0.4, -0.2) is 33.8 Å². The van der Waals surface area contributed by atoms with Crippen LogP contribution in [0.3, 0.4) is 0 Å². The molecule has 2 N–H and O–H groups in total. The molecule has 0 spiro atoms. The SMILES string of the molecule is COc1ccc(-c2c(C(C)C)nc3nc(SCc4ccccc4)nn3c2N)cc1OC. The first-order valence-electron chi connectivity index (χ1n) is 9.97. The summed E-state index contributed by atoms with van der Waals surface area (Å²) < 4.78 is 12.5. The van der Waals surface area contributed by atoms with E-state index in [0.29, 0.717) is 28.3 Å². The molecule has 0 aliphatic heterocycles. The summed E-state index contributed by atoms with van der Waals surface area (Å²) >= 11 is 1.56. The number of aromatic nitrogens is 4. The van der Waals surface area contributed by atoms with Crippen LogP contribution in [0.5, 0.6) is 11.5 Å². The van der Waals surface area contributed by atoms with Crippen LogP contribution in [0.4, 0.5) is 5.82 Å². The summed E-state index contributed by atoms with van der Waals surface area (Å²) in [6.07, 6.45) is 0. The molecule has 0 saturated carbocycles. The molecular formula is C23H25N5O2S. The highest BCUT2D eigenvalue weighted by atomic mass is 32.2. The van der Waals surface area contributed by atoms with Crippen LogP contribution in [0.15, 0.2) is 53.7 Å². The van der Waals surface area contributed by atoms with Gasteiger partial charge in [0, 0.05) is 11.3 Å². The molecule has 0 bridgehead atoms. The molecule has 0 radical (unpaired) electrons. The van der Waals surface area contributed by atoms with Gasteiger partial charge < -0.3 is 15.2 Å². The zero-order chi connectivity index (χ0) is 22.0. The fourth-order valence-electron chi connectivity index (χ4n) is 3.41. The van der Waals surface area contributed by atoms with Gasteiger partial charge in [-0.2, -0.15) is 9.50 Å². The second-order valence-corrected chi connectivity index (χ2v) is 8.30. The van der Waals surface area contributed by atoms with Gasteiger partial charge in [-0.3, -0.25) is 0 Å². The Balaban J connectivity index is 1.78. The van der Waals surface area contributed by atoms with Crippen LogP contribution in [0.2, 0.25) is 0 Å². The van der Waals surface area contributed by atoms with E-state index in [1.807, 2.05) is 36.4 Å². The minimum atomic E-state index is 0.146. The number of nitrogen functional groups attached to an aromatic ring is 1. The number of fused-ring (bicyclic) bond motifs is 1. The fraction of sp³-hybridized carbons (Fsp3) is 0.261. The second-order valence-electron chi connectivity index (χ2n) is 7.36. The maximum Gasteiger partial charge on any atom is 0.255 e. The highest BCUT2D eigenvalue weighted by Crippen LogP contribution is 2.38. The smallest absolute Gasteiger partial charge is 0.255 e. The minimum Gasteiger partial charge on any atom is -0.493 e. The number of nitrogens with zero attached hydrogens (tertiary/aromatic N) is 4. The molecule has 2 aromatic carbocycles. The lowest BCUT2D eigenvalue weighted by molar-refractivity contribution is 0.355.